The van der Waals surface area contributed by atoms with Crippen LogP contribution in [0.2, 0.25) is 0 Å². The molecule has 5 rings (SSSR count). The summed E-state index contributed by atoms with van der Waals surface area (Å²) in [7, 11) is 0. The van der Waals surface area contributed by atoms with E-state index < -0.39 is 6.04 Å². The summed E-state index contributed by atoms with van der Waals surface area (Å²) < 4.78 is 15.6. The van der Waals surface area contributed by atoms with Crippen LogP contribution in [0.3, 0.4) is 0 Å². The SMILES string of the molecule is CC(=O)NC(CC(=O)N1CCC2(CC1)Nc1ccccc1-n1cccc12)c1ccc(F)cc1. The quantitative estimate of drug-likeness (QED) is 0.634. The summed E-state index contributed by atoms with van der Waals surface area (Å²) in [5, 5.41) is 6.60. The fourth-order valence-corrected chi connectivity index (χ4v) is 5.11. The monoisotopic (exact) mass is 446 g/mol. The molecule has 33 heavy (non-hydrogen) atoms. The minimum Gasteiger partial charge on any atom is -0.372 e. The summed E-state index contributed by atoms with van der Waals surface area (Å²) in [5.74, 6) is -0.584. The van der Waals surface area contributed by atoms with Crippen molar-refractivity contribution in [2.75, 3.05) is 18.4 Å². The van der Waals surface area contributed by atoms with Crippen LogP contribution < -0.4 is 10.6 Å². The first kappa shape index (κ1) is 21.2. The smallest absolute Gasteiger partial charge is 0.224 e. The molecule has 0 radical (unpaired) electrons. The van der Waals surface area contributed by atoms with E-state index >= 15 is 0 Å². The van der Waals surface area contributed by atoms with Gasteiger partial charge < -0.3 is 20.1 Å². The minimum atomic E-state index is -0.483. The molecule has 1 atom stereocenters. The van der Waals surface area contributed by atoms with Gasteiger partial charge in [-0.1, -0.05) is 24.3 Å². The van der Waals surface area contributed by atoms with Gasteiger partial charge in [0.25, 0.3) is 0 Å². The van der Waals surface area contributed by atoms with Gasteiger partial charge in [-0.2, -0.15) is 0 Å². The standard InChI is InChI=1S/C26H27FN4O2/c1-18(32)28-22(19-8-10-20(27)11-9-19)17-25(33)30-15-12-26(13-16-30)24-7-4-14-31(24)23-6-3-2-5-21(23)29-26/h2-11,14,22,29H,12-13,15-17H2,1H3,(H,28,32). The molecule has 3 aromatic rings. The molecule has 2 aliphatic heterocycles. The van der Waals surface area contributed by atoms with Gasteiger partial charge in [-0.25, -0.2) is 4.39 Å². The highest BCUT2D eigenvalue weighted by molar-refractivity contribution is 5.79. The van der Waals surface area contributed by atoms with Crippen LogP contribution in [-0.4, -0.2) is 34.4 Å². The van der Waals surface area contributed by atoms with Crippen molar-refractivity contribution in [3.63, 3.8) is 0 Å². The fourth-order valence-electron chi connectivity index (χ4n) is 5.11. The molecule has 0 saturated carbocycles. The highest BCUT2D eigenvalue weighted by atomic mass is 19.1. The molecule has 1 aromatic heterocycles. The van der Waals surface area contributed by atoms with Crippen LogP contribution in [0, 0.1) is 5.82 Å². The molecule has 2 aromatic carbocycles. The molecule has 7 heteroatoms. The van der Waals surface area contributed by atoms with Crippen molar-refractivity contribution in [2.24, 2.45) is 0 Å². The summed E-state index contributed by atoms with van der Waals surface area (Å²) >= 11 is 0. The van der Waals surface area contributed by atoms with Crippen LogP contribution in [0.1, 0.15) is 43.5 Å². The molecular formula is C26H27FN4O2. The van der Waals surface area contributed by atoms with Crippen LogP contribution in [0.5, 0.6) is 0 Å². The number of hydrogen-bond acceptors (Lipinski definition) is 3. The molecule has 1 saturated heterocycles. The topological polar surface area (TPSA) is 66.4 Å². The Labute approximate surface area is 192 Å². The number of carbonyl (C=O) groups excluding carboxylic acids is 2. The van der Waals surface area contributed by atoms with Gasteiger partial charge in [0.15, 0.2) is 0 Å². The van der Waals surface area contributed by atoms with Crippen LogP contribution in [0.4, 0.5) is 10.1 Å². The third kappa shape index (κ3) is 3.99. The number of likely N-dealkylation sites (tertiary alicyclic amines) is 1. The molecule has 170 valence electrons. The largest absolute Gasteiger partial charge is 0.372 e. The van der Waals surface area contributed by atoms with Gasteiger partial charge >= 0.3 is 0 Å². The van der Waals surface area contributed by atoms with E-state index in [1.54, 1.807) is 12.1 Å². The van der Waals surface area contributed by atoms with E-state index in [2.05, 4.69) is 45.7 Å². The molecule has 6 nitrogen and oxygen atoms in total. The van der Waals surface area contributed by atoms with Crippen LogP contribution in [-0.2, 0) is 15.1 Å². The second-order valence-electron chi connectivity index (χ2n) is 8.88. The van der Waals surface area contributed by atoms with Crippen molar-refractivity contribution in [3.05, 3.63) is 83.9 Å². The molecule has 3 heterocycles. The molecular weight excluding hydrogens is 419 g/mol. The molecule has 2 aliphatic rings. The fraction of sp³-hybridized carbons (Fsp3) is 0.308. The van der Waals surface area contributed by atoms with E-state index in [9.17, 15) is 14.0 Å². The Morgan fingerprint density at radius 2 is 1.79 bits per heavy atom. The van der Waals surface area contributed by atoms with Gasteiger partial charge in [0, 0.05) is 31.9 Å². The van der Waals surface area contributed by atoms with Crippen molar-refractivity contribution in [1.29, 1.82) is 0 Å². The third-order valence-corrected chi connectivity index (χ3v) is 6.77. The number of nitrogens with one attached hydrogen (secondary N) is 2. The molecule has 1 fully saturated rings. The van der Waals surface area contributed by atoms with Crippen molar-refractivity contribution >= 4 is 17.5 Å². The van der Waals surface area contributed by atoms with Crippen LogP contribution >= 0.6 is 0 Å². The summed E-state index contributed by atoms with van der Waals surface area (Å²) in [6, 6.07) is 17.9. The first-order valence-electron chi connectivity index (χ1n) is 11.3. The number of carbonyl (C=O) groups is 2. The van der Waals surface area contributed by atoms with Crippen LogP contribution in [0.25, 0.3) is 5.69 Å². The third-order valence-electron chi connectivity index (χ3n) is 6.77. The van der Waals surface area contributed by atoms with Gasteiger partial charge in [-0.05, 0) is 54.8 Å². The summed E-state index contributed by atoms with van der Waals surface area (Å²) in [5.41, 5.74) is 3.96. The maximum Gasteiger partial charge on any atom is 0.224 e. The Balaban J connectivity index is 1.30. The number of piperidine rings is 1. The van der Waals surface area contributed by atoms with E-state index in [0.717, 1.165) is 29.8 Å². The van der Waals surface area contributed by atoms with Gasteiger partial charge in [0.2, 0.25) is 11.8 Å². The van der Waals surface area contributed by atoms with Gasteiger partial charge in [-0.15, -0.1) is 0 Å². The number of nitrogens with zero attached hydrogens (tertiary/aromatic N) is 2. The zero-order chi connectivity index (χ0) is 23.0. The van der Waals surface area contributed by atoms with Crippen LogP contribution in [0.15, 0.2) is 66.9 Å². The van der Waals surface area contributed by atoms with Gasteiger partial charge in [-0.3, -0.25) is 9.59 Å². The number of aromatic nitrogens is 1. The lowest BCUT2D eigenvalue weighted by Crippen LogP contribution is -2.51. The number of halogens is 1. The zero-order valence-corrected chi connectivity index (χ0v) is 18.6. The summed E-state index contributed by atoms with van der Waals surface area (Å²) in [6.45, 7) is 2.66. The lowest BCUT2D eigenvalue weighted by molar-refractivity contribution is -0.133. The Bertz CT molecular complexity index is 1180. The van der Waals surface area contributed by atoms with E-state index in [4.69, 9.17) is 0 Å². The summed E-state index contributed by atoms with van der Waals surface area (Å²) in [6.07, 6.45) is 3.82. The molecule has 2 N–H and O–H groups in total. The summed E-state index contributed by atoms with van der Waals surface area (Å²) in [4.78, 5) is 26.8. The van der Waals surface area contributed by atoms with Crippen molar-refractivity contribution < 1.29 is 14.0 Å². The van der Waals surface area contributed by atoms with E-state index in [-0.39, 0.29) is 29.6 Å². The molecule has 1 spiro atoms. The predicted octanol–water partition coefficient (Wildman–Crippen LogP) is 4.13. The first-order chi connectivity index (χ1) is 15.9. The normalized spacial score (nSPS) is 17.0. The lowest BCUT2D eigenvalue weighted by Gasteiger charge is -2.46. The van der Waals surface area contributed by atoms with E-state index in [1.807, 2.05) is 17.0 Å². The average Bonchev–Trinajstić information content (AvgIpc) is 3.31. The number of benzene rings is 2. The Hall–Kier alpha value is -3.61. The second-order valence-corrected chi connectivity index (χ2v) is 8.88. The minimum absolute atomic E-state index is 0.0143. The number of fused-ring (bicyclic) bond motifs is 4. The Morgan fingerprint density at radius 3 is 2.52 bits per heavy atom. The highest BCUT2D eigenvalue weighted by Crippen LogP contribution is 2.43. The lowest BCUT2D eigenvalue weighted by atomic mass is 9.82. The number of para-hydroxylation sites is 2. The van der Waals surface area contributed by atoms with Gasteiger partial charge in [0.1, 0.15) is 5.82 Å². The maximum atomic E-state index is 13.3. The van der Waals surface area contributed by atoms with Crippen molar-refractivity contribution in [2.45, 2.75) is 37.8 Å². The molecule has 2 amide bonds. The Morgan fingerprint density at radius 1 is 1.06 bits per heavy atom. The zero-order valence-electron chi connectivity index (χ0n) is 18.6. The van der Waals surface area contributed by atoms with E-state index in [0.29, 0.717) is 13.1 Å². The van der Waals surface area contributed by atoms with E-state index in [1.165, 1.54) is 24.8 Å². The second kappa shape index (κ2) is 8.39. The Kier molecular flexibility index (Phi) is 5.40. The molecule has 0 bridgehead atoms. The van der Waals surface area contributed by atoms with Crippen molar-refractivity contribution in [1.82, 2.24) is 14.8 Å². The average molecular weight is 447 g/mol. The predicted molar refractivity (Wildman–Crippen MR) is 124 cm³/mol. The van der Waals surface area contributed by atoms with Gasteiger partial charge in [0.05, 0.1) is 29.4 Å². The van der Waals surface area contributed by atoms with Crippen molar-refractivity contribution in [3.8, 4) is 5.69 Å². The molecule has 0 aliphatic carbocycles. The number of amides is 2. The maximum absolute atomic E-state index is 13.3. The molecule has 1 unspecified atom stereocenters. The number of hydrogen-bond donors (Lipinski definition) is 2. The highest BCUT2D eigenvalue weighted by Gasteiger charge is 2.42. The first-order valence-corrected chi connectivity index (χ1v) is 11.3. The number of anilines is 1. The number of rotatable bonds is 4.